The number of nitrogens with one attached hydrogen (secondary N) is 1. The van der Waals surface area contributed by atoms with Crippen molar-refractivity contribution in [2.24, 2.45) is 0 Å². The van der Waals surface area contributed by atoms with Crippen molar-refractivity contribution in [2.45, 2.75) is 19.0 Å². The first-order valence-electron chi connectivity index (χ1n) is 8.48. The highest BCUT2D eigenvalue weighted by Crippen LogP contribution is 2.27. The van der Waals surface area contributed by atoms with E-state index in [1.807, 2.05) is 0 Å². The Hall–Kier alpha value is -2.26. The number of benzene rings is 2. The smallest absolute Gasteiger partial charge is 0.255 e. The topological polar surface area (TPSA) is 83.6 Å². The van der Waals surface area contributed by atoms with Crippen LogP contribution in [0.2, 0.25) is 0 Å². The van der Waals surface area contributed by atoms with Gasteiger partial charge in [-0.25, -0.2) is 12.8 Å². The SMILES string of the molecule is CS(=O)(=O)CC[C@@H](C(=O)Nc1ccc(Br)cc1F)N1Cc2ccccc2C1=O. The van der Waals surface area contributed by atoms with E-state index < -0.39 is 27.6 Å². The molecule has 148 valence electrons. The van der Waals surface area contributed by atoms with E-state index in [0.717, 1.165) is 11.8 Å². The number of rotatable bonds is 6. The molecule has 0 radical (unpaired) electrons. The lowest BCUT2D eigenvalue weighted by molar-refractivity contribution is -0.120. The maximum absolute atomic E-state index is 14.1. The van der Waals surface area contributed by atoms with E-state index in [-0.39, 0.29) is 30.3 Å². The van der Waals surface area contributed by atoms with Gasteiger partial charge in [0.15, 0.2) is 0 Å². The second-order valence-corrected chi connectivity index (χ2v) is 9.81. The highest BCUT2D eigenvalue weighted by atomic mass is 79.9. The average Bonchev–Trinajstić information content (AvgIpc) is 2.94. The normalized spacial score (nSPS) is 14.7. The minimum Gasteiger partial charge on any atom is -0.322 e. The van der Waals surface area contributed by atoms with Gasteiger partial charge in [-0.15, -0.1) is 0 Å². The number of anilines is 1. The van der Waals surface area contributed by atoms with Crippen molar-refractivity contribution in [1.82, 2.24) is 4.90 Å². The third-order valence-corrected chi connectivity index (χ3v) is 5.95. The fourth-order valence-corrected chi connectivity index (χ4v) is 4.07. The van der Waals surface area contributed by atoms with Crippen LogP contribution in [0.5, 0.6) is 0 Å². The van der Waals surface area contributed by atoms with Gasteiger partial charge in [0, 0.05) is 22.8 Å². The van der Waals surface area contributed by atoms with Crippen LogP contribution in [-0.4, -0.2) is 43.2 Å². The lowest BCUT2D eigenvalue weighted by Crippen LogP contribution is -2.45. The van der Waals surface area contributed by atoms with Gasteiger partial charge >= 0.3 is 0 Å². The first-order valence-corrected chi connectivity index (χ1v) is 11.3. The molecule has 0 saturated carbocycles. The van der Waals surface area contributed by atoms with E-state index in [1.54, 1.807) is 30.3 Å². The Kier molecular flexibility index (Phi) is 5.85. The predicted octanol–water partition coefficient (Wildman–Crippen LogP) is 2.99. The lowest BCUT2D eigenvalue weighted by Gasteiger charge is -2.27. The van der Waals surface area contributed by atoms with Crippen molar-refractivity contribution in [1.29, 1.82) is 0 Å². The van der Waals surface area contributed by atoms with Gasteiger partial charge in [0.05, 0.1) is 11.4 Å². The van der Waals surface area contributed by atoms with Crippen LogP contribution in [0.25, 0.3) is 0 Å². The number of amides is 2. The third-order valence-electron chi connectivity index (χ3n) is 4.48. The van der Waals surface area contributed by atoms with Crippen LogP contribution in [0.1, 0.15) is 22.3 Å². The molecule has 6 nitrogen and oxygen atoms in total. The van der Waals surface area contributed by atoms with E-state index in [1.165, 1.54) is 17.0 Å². The second kappa shape index (κ2) is 8.00. The number of fused-ring (bicyclic) bond motifs is 1. The van der Waals surface area contributed by atoms with Crippen molar-refractivity contribution < 1.29 is 22.4 Å². The fraction of sp³-hybridized carbons (Fsp3) is 0.263. The summed E-state index contributed by atoms with van der Waals surface area (Å²) in [5, 5.41) is 2.47. The fourth-order valence-electron chi connectivity index (χ4n) is 3.09. The highest BCUT2D eigenvalue weighted by Gasteiger charge is 2.36. The summed E-state index contributed by atoms with van der Waals surface area (Å²) < 4.78 is 37.9. The zero-order valence-corrected chi connectivity index (χ0v) is 17.4. The Bertz CT molecular complexity index is 1040. The van der Waals surface area contributed by atoms with E-state index >= 15 is 0 Å². The van der Waals surface area contributed by atoms with Gasteiger partial charge in [-0.2, -0.15) is 0 Å². The summed E-state index contributed by atoms with van der Waals surface area (Å²) in [5.41, 5.74) is 1.20. The van der Waals surface area contributed by atoms with Gasteiger partial charge in [0.25, 0.3) is 5.91 Å². The summed E-state index contributed by atoms with van der Waals surface area (Å²) in [6.07, 6.45) is 0.986. The molecule has 1 heterocycles. The van der Waals surface area contributed by atoms with Crippen LogP contribution >= 0.6 is 15.9 Å². The Morgan fingerprint density at radius 1 is 1.29 bits per heavy atom. The second-order valence-electron chi connectivity index (χ2n) is 6.64. The molecule has 0 bridgehead atoms. The molecule has 1 atom stereocenters. The van der Waals surface area contributed by atoms with Crippen molar-refractivity contribution in [3.05, 3.63) is 63.9 Å². The summed E-state index contributed by atoms with van der Waals surface area (Å²) in [6.45, 7) is 0.194. The molecule has 1 aliphatic heterocycles. The van der Waals surface area contributed by atoms with Crippen molar-refractivity contribution >= 4 is 43.3 Å². The minimum absolute atomic E-state index is 0.0401. The van der Waals surface area contributed by atoms with Gasteiger partial charge < -0.3 is 10.2 Å². The molecule has 0 fully saturated rings. The summed E-state index contributed by atoms with van der Waals surface area (Å²) in [5.74, 6) is -1.89. The summed E-state index contributed by atoms with van der Waals surface area (Å²) in [4.78, 5) is 27.0. The predicted molar refractivity (Wildman–Crippen MR) is 107 cm³/mol. The Morgan fingerprint density at radius 3 is 2.64 bits per heavy atom. The molecule has 9 heteroatoms. The maximum atomic E-state index is 14.1. The molecule has 2 amide bonds. The number of halogens is 2. The molecule has 0 saturated heterocycles. The monoisotopic (exact) mass is 468 g/mol. The molecule has 2 aromatic carbocycles. The molecule has 0 aromatic heterocycles. The van der Waals surface area contributed by atoms with Gasteiger partial charge in [-0.3, -0.25) is 9.59 Å². The molecule has 2 aromatic rings. The molecule has 0 aliphatic carbocycles. The van der Waals surface area contributed by atoms with Crippen LogP contribution in [0.4, 0.5) is 10.1 Å². The Morgan fingerprint density at radius 2 is 2.00 bits per heavy atom. The molecule has 1 N–H and O–H groups in total. The van der Waals surface area contributed by atoms with Crippen LogP contribution in [-0.2, 0) is 21.2 Å². The Balaban J connectivity index is 1.87. The molecule has 0 spiro atoms. The van der Waals surface area contributed by atoms with Gasteiger partial charge in [-0.1, -0.05) is 34.1 Å². The number of carbonyl (C=O) groups excluding carboxylic acids is 2. The highest BCUT2D eigenvalue weighted by molar-refractivity contribution is 9.10. The van der Waals surface area contributed by atoms with E-state index in [4.69, 9.17) is 0 Å². The number of nitrogens with zero attached hydrogens (tertiary/aromatic N) is 1. The zero-order valence-electron chi connectivity index (χ0n) is 15.0. The number of hydrogen-bond donors (Lipinski definition) is 1. The van der Waals surface area contributed by atoms with Gasteiger partial charge in [0.1, 0.15) is 21.7 Å². The van der Waals surface area contributed by atoms with Crippen molar-refractivity contribution in [3.8, 4) is 0 Å². The van der Waals surface area contributed by atoms with Crippen LogP contribution in [0, 0.1) is 5.82 Å². The molecule has 0 unspecified atom stereocenters. The maximum Gasteiger partial charge on any atom is 0.255 e. The number of hydrogen-bond acceptors (Lipinski definition) is 4. The van der Waals surface area contributed by atoms with Gasteiger partial charge in [-0.05, 0) is 36.2 Å². The lowest BCUT2D eigenvalue weighted by atomic mass is 10.1. The summed E-state index contributed by atoms with van der Waals surface area (Å²) >= 11 is 3.14. The summed E-state index contributed by atoms with van der Waals surface area (Å²) in [6, 6.07) is 10.1. The van der Waals surface area contributed by atoms with Crippen LogP contribution in [0.3, 0.4) is 0 Å². The largest absolute Gasteiger partial charge is 0.322 e. The van der Waals surface area contributed by atoms with E-state index in [9.17, 15) is 22.4 Å². The van der Waals surface area contributed by atoms with Crippen LogP contribution < -0.4 is 5.32 Å². The quantitative estimate of drug-likeness (QED) is 0.706. The first-order chi connectivity index (χ1) is 13.2. The molecule has 1 aliphatic rings. The standard InChI is InChI=1S/C19H18BrFN2O4S/c1-28(26,27)9-8-17(18(24)22-16-7-6-13(20)10-15(16)21)23-11-12-4-2-3-5-14(12)19(23)25/h2-7,10,17H,8-9,11H2,1H3,(H,22,24)/t17-/m0/s1. The van der Waals surface area contributed by atoms with E-state index in [2.05, 4.69) is 21.2 Å². The van der Waals surface area contributed by atoms with Crippen molar-refractivity contribution in [3.63, 3.8) is 0 Å². The summed E-state index contributed by atoms with van der Waals surface area (Å²) in [7, 11) is -3.35. The Labute approximate surface area is 170 Å². The van der Waals surface area contributed by atoms with Gasteiger partial charge in [0.2, 0.25) is 5.91 Å². The third kappa shape index (κ3) is 4.59. The first kappa shape index (κ1) is 20.5. The average molecular weight is 469 g/mol. The van der Waals surface area contributed by atoms with Crippen molar-refractivity contribution in [2.75, 3.05) is 17.3 Å². The minimum atomic E-state index is -3.35. The molecular weight excluding hydrogens is 451 g/mol. The zero-order chi connectivity index (χ0) is 20.5. The van der Waals surface area contributed by atoms with Crippen LogP contribution in [0.15, 0.2) is 46.9 Å². The molecule has 28 heavy (non-hydrogen) atoms. The molecule has 3 rings (SSSR count). The molecular formula is C19H18BrFN2O4S. The number of carbonyl (C=O) groups is 2. The van der Waals surface area contributed by atoms with E-state index in [0.29, 0.717) is 10.0 Å². The number of sulfone groups is 1.